The lowest BCUT2D eigenvalue weighted by molar-refractivity contribution is 0.0981. The van der Waals surface area contributed by atoms with Crippen molar-refractivity contribution < 1.29 is 19.0 Å². The molecule has 1 aromatic heterocycles. The quantitative estimate of drug-likeness (QED) is 0.541. The molecule has 1 aliphatic heterocycles. The van der Waals surface area contributed by atoms with Crippen molar-refractivity contribution in [3.63, 3.8) is 0 Å². The zero-order valence-electron chi connectivity index (χ0n) is 17.4. The topological polar surface area (TPSA) is 64.1 Å². The van der Waals surface area contributed by atoms with E-state index in [1.54, 1.807) is 24.1 Å². The maximum absolute atomic E-state index is 13.5. The third-order valence-electron chi connectivity index (χ3n) is 5.22. The molecule has 0 N–H and O–H groups in total. The Balaban J connectivity index is 1.71. The van der Waals surface area contributed by atoms with Crippen LogP contribution in [-0.4, -0.2) is 55.9 Å². The number of benzene rings is 2. The van der Waals surface area contributed by atoms with E-state index in [1.807, 2.05) is 24.3 Å². The molecule has 0 saturated heterocycles. The minimum Gasteiger partial charge on any atom is -0.496 e. The smallest absolute Gasteiger partial charge is 0.263 e. The van der Waals surface area contributed by atoms with Gasteiger partial charge in [0.2, 0.25) is 6.79 Å². The number of anilines is 1. The van der Waals surface area contributed by atoms with Crippen molar-refractivity contribution in [2.45, 2.75) is 13.8 Å². The molecule has 0 unspecified atom stereocenters. The maximum atomic E-state index is 13.5. The molecule has 0 radical (unpaired) electrons. The molecule has 0 bridgehead atoms. The van der Waals surface area contributed by atoms with Crippen molar-refractivity contribution in [1.82, 2.24) is 9.88 Å². The fourth-order valence-electron chi connectivity index (χ4n) is 3.45. The van der Waals surface area contributed by atoms with Crippen molar-refractivity contribution in [1.29, 1.82) is 0 Å². The van der Waals surface area contributed by atoms with E-state index in [9.17, 15) is 4.79 Å². The molecule has 0 saturated carbocycles. The van der Waals surface area contributed by atoms with Crippen LogP contribution in [0.5, 0.6) is 17.2 Å². The molecule has 0 spiro atoms. The van der Waals surface area contributed by atoms with Crippen LogP contribution < -0.4 is 19.1 Å². The van der Waals surface area contributed by atoms with E-state index < -0.39 is 0 Å². The molecule has 1 amide bonds. The molecule has 0 fully saturated rings. The molecule has 4 rings (SSSR count). The van der Waals surface area contributed by atoms with Crippen LogP contribution in [-0.2, 0) is 0 Å². The first-order valence-corrected chi connectivity index (χ1v) is 10.8. The monoisotopic (exact) mass is 427 g/mol. The van der Waals surface area contributed by atoms with Gasteiger partial charge in [-0.25, -0.2) is 4.98 Å². The second-order valence-corrected chi connectivity index (χ2v) is 7.86. The molecule has 0 aliphatic carbocycles. The molecular weight excluding hydrogens is 402 g/mol. The zero-order chi connectivity index (χ0) is 21.1. The van der Waals surface area contributed by atoms with Gasteiger partial charge in [0.25, 0.3) is 5.91 Å². The van der Waals surface area contributed by atoms with Crippen molar-refractivity contribution in [3.8, 4) is 17.2 Å². The number of para-hydroxylation sites is 1. The second kappa shape index (κ2) is 8.89. The highest BCUT2D eigenvalue weighted by Crippen LogP contribution is 2.40. The summed E-state index contributed by atoms with van der Waals surface area (Å²) in [7, 11) is 1.57. The van der Waals surface area contributed by atoms with E-state index in [4.69, 9.17) is 19.2 Å². The summed E-state index contributed by atoms with van der Waals surface area (Å²) >= 11 is 1.47. The van der Waals surface area contributed by atoms with Gasteiger partial charge in [0.05, 0.1) is 22.9 Å². The maximum Gasteiger partial charge on any atom is 0.263 e. The molecule has 3 aromatic rings. The molecule has 8 heteroatoms. The number of amides is 1. The SMILES string of the molecule is CCN(CC)CCN(C(=O)c1ccccc1OC)c1nc2cc3c(cc2s1)OCO3. The van der Waals surface area contributed by atoms with E-state index in [2.05, 4.69) is 18.7 Å². The minimum absolute atomic E-state index is 0.126. The van der Waals surface area contributed by atoms with E-state index in [0.717, 1.165) is 29.9 Å². The number of fused-ring (bicyclic) bond motifs is 2. The van der Waals surface area contributed by atoms with E-state index in [0.29, 0.717) is 34.5 Å². The number of thiazole rings is 1. The zero-order valence-corrected chi connectivity index (χ0v) is 18.2. The summed E-state index contributed by atoms with van der Waals surface area (Å²) in [5.41, 5.74) is 1.31. The van der Waals surface area contributed by atoms with Crippen molar-refractivity contribution >= 4 is 32.6 Å². The molecular formula is C22H25N3O4S. The minimum atomic E-state index is -0.126. The van der Waals surface area contributed by atoms with Crippen LogP contribution in [0.15, 0.2) is 36.4 Å². The van der Waals surface area contributed by atoms with Crippen LogP contribution in [0.4, 0.5) is 5.13 Å². The fraction of sp³-hybridized carbons (Fsp3) is 0.364. The number of nitrogens with zero attached hydrogens (tertiary/aromatic N) is 3. The van der Waals surface area contributed by atoms with Gasteiger partial charge in [-0.15, -0.1) is 0 Å². The largest absolute Gasteiger partial charge is 0.496 e. The lowest BCUT2D eigenvalue weighted by Gasteiger charge is -2.25. The van der Waals surface area contributed by atoms with Crippen LogP contribution in [0.2, 0.25) is 0 Å². The van der Waals surface area contributed by atoms with Crippen LogP contribution >= 0.6 is 11.3 Å². The van der Waals surface area contributed by atoms with Gasteiger partial charge >= 0.3 is 0 Å². The van der Waals surface area contributed by atoms with Crippen LogP contribution in [0.1, 0.15) is 24.2 Å². The first-order chi connectivity index (χ1) is 14.6. The third-order valence-corrected chi connectivity index (χ3v) is 6.26. The van der Waals surface area contributed by atoms with Gasteiger partial charge in [-0.3, -0.25) is 9.69 Å². The second-order valence-electron chi connectivity index (χ2n) is 6.85. The molecule has 7 nitrogen and oxygen atoms in total. The molecule has 158 valence electrons. The first kappa shape index (κ1) is 20.4. The summed E-state index contributed by atoms with van der Waals surface area (Å²) in [5.74, 6) is 1.82. The Hall–Kier alpha value is -2.84. The van der Waals surface area contributed by atoms with Crippen molar-refractivity contribution in [2.75, 3.05) is 45.0 Å². The molecule has 30 heavy (non-hydrogen) atoms. The van der Waals surface area contributed by atoms with Gasteiger partial charge < -0.3 is 19.1 Å². The normalized spacial score (nSPS) is 12.5. The first-order valence-electron chi connectivity index (χ1n) is 10.0. The highest BCUT2D eigenvalue weighted by molar-refractivity contribution is 7.22. The third kappa shape index (κ3) is 3.93. The standard InChI is InChI=1S/C22H25N3O4S/c1-4-24(5-2)10-11-25(21(26)15-8-6-7-9-17(15)27-3)22-23-16-12-18-19(29-14-28-18)13-20(16)30-22/h6-9,12-13H,4-5,10-11,14H2,1-3H3. The molecule has 2 heterocycles. The Morgan fingerprint density at radius 2 is 1.87 bits per heavy atom. The lowest BCUT2D eigenvalue weighted by atomic mass is 10.1. The number of hydrogen-bond donors (Lipinski definition) is 0. The highest BCUT2D eigenvalue weighted by atomic mass is 32.1. The number of ether oxygens (including phenoxy) is 3. The van der Waals surface area contributed by atoms with Crippen molar-refractivity contribution in [3.05, 3.63) is 42.0 Å². The number of hydrogen-bond acceptors (Lipinski definition) is 7. The molecule has 0 atom stereocenters. The van der Waals surface area contributed by atoms with Crippen molar-refractivity contribution in [2.24, 2.45) is 0 Å². The Kier molecular flexibility index (Phi) is 6.06. The van der Waals surface area contributed by atoms with Gasteiger partial charge in [0.15, 0.2) is 16.6 Å². The molecule has 2 aromatic carbocycles. The van der Waals surface area contributed by atoms with E-state index in [-0.39, 0.29) is 12.7 Å². The highest BCUT2D eigenvalue weighted by Gasteiger charge is 2.25. The number of aromatic nitrogens is 1. The lowest BCUT2D eigenvalue weighted by Crippen LogP contribution is -2.39. The number of likely N-dealkylation sites (N-methyl/N-ethyl adjacent to an activating group) is 1. The predicted octanol–water partition coefficient (Wildman–Crippen LogP) is 4.02. The summed E-state index contributed by atoms with van der Waals surface area (Å²) < 4.78 is 17.3. The van der Waals surface area contributed by atoms with Gasteiger partial charge in [-0.2, -0.15) is 0 Å². The van der Waals surface area contributed by atoms with Gasteiger partial charge in [-0.05, 0) is 25.2 Å². The Morgan fingerprint density at radius 3 is 2.60 bits per heavy atom. The van der Waals surface area contributed by atoms with E-state index in [1.165, 1.54) is 11.3 Å². The number of carbonyl (C=O) groups excluding carboxylic acids is 1. The van der Waals surface area contributed by atoms with Gasteiger partial charge in [-0.1, -0.05) is 37.3 Å². The Labute approximate surface area is 179 Å². The van der Waals surface area contributed by atoms with Crippen LogP contribution in [0.3, 0.4) is 0 Å². The van der Waals surface area contributed by atoms with E-state index >= 15 is 0 Å². The average molecular weight is 428 g/mol. The molecule has 1 aliphatic rings. The summed E-state index contributed by atoms with van der Waals surface area (Å²) in [5, 5.41) is 0.650. The summed E-state index contributed by atoms with van der Waals surface area (Å²) in [6, 6.07) is 11.1. The van der Waals surface area contributed by atoms with Gasteiger partial charge in [0, 0.05) is 25.2 Å². The fourth-order valence-corrected chi connectivity index (χ4v) is 4.45. The average Bonchev–Trinajstić information content (AvgIpc) is 3.40. The predicted molar refractivity (Wildman–Crippen MR) is 118 cm³/mol. The number of rotatable bonds is 8. The Bertz CT molecular complexity index is 1010. The van der Waals surface area contributed by atoms with Gasteiger partial charge in [0.1, 0.15) is 5.75 Å². The summed E-state index contributed by atoms with van der Waals surface area (Å²) in [4.78, 5) is 22.3. The number of carbonyl (C=O) groups is 1. The summed E-state index contributed by atoms with van der Waals surface area (Å²) in [6.07, 6.45) is 0. The number of methoxy groups -OCH3 is 1. The van der Waals surface area contributed by atoms with Crippen LogP contribution in [0, 0.1) is 0 Å². The van der Waals surface area contributed by atoms with Crippen LogP contribution in [0.25, 0.3) is 10.2 Å². The Morgan fingerprint density at radius 1 is 1.13 bits per heavy atom. The summed E-state index contributed by atoms with van der Waals surface area (Å²) in [6.45, 7) is 7.60.